The van der Waals surface area contributed by atoms with E-state index in [0.29, 0.717) is 34.3 Å². The third kappa shape index (κ3) is 5.42. The number of likely N-dealkylation sites (tertiary alicyclic amines) is 1. The van der Waals surface area contributed by atoms with Gasteiger partial charge < -0.3 is 20.0 Å². The van der Waals surface area contributed by atoms with Crippen molar-refractivity contribution in [2.75, 3.05) is 31.5 Å². The molecule has 3 aliphatic heterocycles. The van der Waals surface area contributed by atoms with Crippen molar-refractivity contribution in [3.63, 3.8) is 0 Å². The summed E-state index contributed by atoms with van der Waals surface area (Å²) >= 11 is 12.0. The topological polar surface area (TPSA) is 90.0 Å². The maximum Gasteiger partial charge on any atom is 0.256 e. The highest BCUT2D eigenvalue weighted by atomic mass is 35.5. The molecule has 2 atom stereocenters. The molecule has 0 spiro atoms. The summed E-state index contributed by atoms with van der Waals surface area (Å²) in [4.78, 5) is 58.6. The number of halogens is 2. The fourth-order valence-electron chi connectivity index (χ4n) is 5.88. The minimum absolute atomic E-state index is 0.0736. The highest BCUT2D eigenvalue weighted by Crippen LogP contribution is 2.31. The zero-order chi connectivity index (χ0) is 28.7. The van der Waals surface area contributed by atoms with E-state index in [1.807, 2.05) is 30.3 Å². The van der Waals surface area contributed by atoms with Crippen molar-refractivity contribution < 1.29 is 19.2 Å². The van der Waals surface area contributed by atoms with Gasteiger partial charge in [-0.15, -0.1) is 0 Å². The van der Waals surface area contributed by atoms with Gasteiger partial charge in [-0.2, -0.15) is 0 Å². The van der Waals surface area contributed by atoms with Crippen molar-refractivity contribution in [1.82, 2.24) is 14.7 Å². The van der Waals surface area contributed by atoms with Crippen LogP contribution in [0.1, 0.15) is 28.8 Å². The Balaban J connectivity index is 1.17. The summed E-state index contributed by atoms with van der Waals surface area (Å²) in [6.45, 7) is 1.09. The molecule has 0 saturated carbocycles. The molecule has 0 aromatic heterocycles. The first-order chi connectivity index (χ1) is 19.8. The van der Waals surface area contributed by atoms with E-state index in [2.05, 4.69) is 5.32 Å². The predicted octanol–water partition coefficient (Wildman–Crippen LogP) is 4.50. The van der Waals surface area contributed by atoms with Gasteiger partial charge in [-0.25, -0.2) is 0 Å². The van der Waals surface area contributed by atoms with Crippen molar-refractivity contribution in [2.45, 2.75) is 31.3 Å². The summed E-state index contributed by atoms with van der Waals surface area (Å²) in [5, 5.41) is 4.11. The molecule has 210 valence electrons. The van der Waals surface area contributed by atoms with E-state index in [-0.39, 0.29) is 49.7 Å². The fraction of sp³-hybridized carbons (Fsp3) is 0.290. The van der Waals surface area contributed by atoms with Crippen LogP contribution >= 0.6 is 23.2 Å². The Kier molecular flexibility index (Phi) is 7.45. The highest BCUT2D eigenvalue weighted by molar-refractivity contribution is 6.30. The number of nitrogens with one attached hydrogen (secondary N) is 1. The van der Waals surface area contributed by atoms with Crippen molar-refractivity contribution in [3.05, 3.63) is 87.9 Å². The molecule has 8 nitrogen and oxygen atoms in total. The third-order valence-corrected chi connectivity index (χ3v) is 8.57. The lowest BCUT2D eigenvalue weighted by Crippen LogP contribution is -2.61. The minimum atomic E-state index is -0.828. The smallest absolute Gasteiger partial charge is 0.256 e. The summed E-state index contributed by atoms with van der Waals surface area (Å²) in [6.07, 6.45) is 1.49. The van der Waals surface area contributed by atoms with Crippen molar-refractivity contribution >= 4 is 52.5 Å². The molecule has 3 heterocycles. The second-order valence-corrected chi connectivity index (χ2v) is 11.5. The number of anilines is 1. The van der Waals surface area contributed by atoms with Gasteiger partial charge in [0.2, 0.25) is 17.7 Å². The van der Waals surface area contributed by atoms with Crippen LogP contribution in [0, 0.1) is 0 Å². The molecule has 0 aliphatic carbocycles. The Morgan fingerprint density at radius 2 is 1.54 bits per heavy atom. The van der Waals surface area contributed by atoms with Crippen LogP contribution < -0.4 is 5.32 Å². The van der Waals surface area contributed by atoms with Crippen LogP contribution in [0.4, 0.5) is 5.69 Å². The molecule has 10 heteroatoms. The SMILES string of the molecule is O=C1Nc2ccc(-c3ccc(Cl)cc3)cc2C(=O)N2CCN(C(=O)C3CCCN3C(=O)Cc3ccc(Cl)cc3)CC12. The van der Waals surface area contributed by atoms with E-state index in [1.54, 1.807) is 51.1 Å². The number of carbonyl (C=O) groups is 4. The molecule has 6 rings (SSSR count). The van der Waals surface area contributed by atoms with Gasteiger partial charge in [0.25, 0.3) is 5.91 Å². The Morgan fingerprint density at radius 1 is 0.854 bits per heavy atom. The molecule has 2 unspecified atom stereocenters. The Labute approximate surface area is 247 Å². The summed E-state index contributed by atoms with van der Waals surface area (Å²) in [6, 6.07) is 18.4. The second-order valence-electron chi connectivity index (χ2n) is 10.6. The molecule has 2 fully saturated rings. The molecule has 1 N–H and O–H groups in total. The number of amides is 4. The van der Waals surface area contributed by atoms with Crippen LogP contribution in [0.25, 0.3) is 11.1 Å². The first kappa shape index (κ1) is 27.3. The number of hydrogen-bond donors (Lipinski definition) is 1. The number of carbonyl (C=O) groups excluding carboxylic acids is 4. The maximum atomic E-state index is 13.7. The van der Waals surface area contributed by atoms with Gasteiger partial charge in [0, 0.05) is 29.7 Å². The molecule has 3 aromatic carbocycles. The lowest BCUT2D eigenvalue weighted by atomic mass is 10.0. The largest absolute Gasteiger partial charge is 0.337 e. The Bertz CT molecular complexity index is 1530. The number of fused-ring (bicyclic) bond motifs is 2. The van der Waals surface area contributed by atoms with E-state index in [9.17, 15) is 19.2 Å². The number of benzene rings is 3. The molecule has 3 aromatic rings. The quantitative estimate of drug-likeness (QED) is 0.484. The van der Waals surface area contributed by atoms with Gasteiger partial charge in [0.1, 0.15) is 12.1 Å². The van der Waals surface area contributed by atoms with Crippen LogP contribution in [0.5, 0.6) is 0 Å². The van der Waals surface area contributed by atoms with E-state index < -0.39 is 12.1 Å². The van der Waals surface area contributed by atoms with E-state index in [1.165, 1.54) is 0 Å². The summed E-state index contributed by atoms with van der Waals surface area (Å²) < 4.78 is 0. The lowest BCUT2D eigenvalue weighted by molar-refractivity contribution is -0.146. The summed E-state index contributed by atoms with van der Waals surface area (Å²) in [5.41, 5.74) is 3.42. The van der Waals surface area contributed by atoms with Crippen molar-refractivity contribution in [3.8, 4) is 11.1 Å². The Hall–Kier alpha value is -3.88. The zero-order valence-corrected chi connectivity index (χ0v) is 23.7. The molecule has 41 heavy (non-hydrogen) atoms. The van der Waals surface area contributed by atoms with E-state index in [0.717, 1.165) is 23.1 Å². The molecule has 3 aliphatic rings. The molecule has 4 amide bonds. The first-order valence-electron chi connectivity index (χ1n) is 13.6. The van der Waals surface area contributed by atoms with Gasteiger partial charge in [0.05, 0.1) is 24.2 Å². The minimum Gasteiger partial charge on any atom is -0.337 e. The van der Waals surface area contributed by atoms with Crippen LogP contribution in [0.3, 0.4) is 0 Å². The predicted molar refractivity (Wildman–Crippen MR) is 157 cm³/mol. The first-order valence-corrected chi connectivity index (χ1v) is 14.4. The number of rotatable bonds is 4. The van der Waals surface area contributed by atoms with Crippen molar-refractivity contribution in [2.24, 2.45) is 0 Å². The van der Waals surface area contributed by atoms with Gasteiger partial charge in [-0.1, -0.05) is 53.5 Å². The molecule has 0 bridgehead atoms. The number of nitrogens with zero attached hydrogens (tertiary/aromatic N) is 3. The van der Waals surface area contributed by atoms with Crippen LogP contribution in [-0.2, 0) is 20.8 Å². The third-order valence-electron chi connectivity index (χ3n) is 8.07. The van der Waals surface area contributed by atoms with Crippen LogP contribution in [-0.4, -0.2) is 76.6 Å². The molecular formula is C31H28Cl2N4O4. The van der Waals surface area contributed by atoms with Gasteiger partial charge in [-0.05, 0) is 65.9 Å². The van der Waals surface area contributed by atoms with Gasteiger partial charge >= 0.3 is 0 Å². The van der Waals surface area contributed by atoms with Gasteiger partial charge in [-0.3, -0.25) is 19.2 Å². The zero-order valence-electron chi connectivity index (χ0n) is 22.2. The van der Waals surface area contributed by atoms with Crippen molar-refractivity contribution in [1.29, 1.82) is 0 Å². The monoisotopic (exact) mass is 590 g/mol. The van der Waals surface area contributed by atoms with Crippen LogP contribution in [0.15, 0.2) is 66.7 Å². The van der Waals surface area contributed by atoms with Gasteiger partial charge in [0.15, 0.2) is 0 Å². The Morgan fingerprint density at radius 3 is 2.27 bits per heavy atom. The highest BCUT2D eigenvalue weighted by Gasteiger charge is 2.43. The molecule has 2 saturated heterocycles. The summed E-state index contributed by atoms with van der Waals surface area (Å²) in [5.74, 6) is -0.891. The maximum absolute atomic E-state index is 13.7. The average Bonchev–Trinajstić information content (AvgIpc) is 3.45. The average molecular weight is 591 g/mol. The van der Waals surface area contributed by atoms with Crippen LogP contribution in [0.2, 0.25) is 10.0 Å². The molecular weight excluding hydrogens is 563 g/mol. The lowest BCUT2D eigenvalue weighted by Gasteiger charge is -2.41. The number of piperazine rings is 1. The second kappa shape index (κ2) is 11.2. The normalized spacial score (nSPS) is 20.3. The van der Waals surface area contributed by atoms with E-state index >= 15 is 0 Å². The molecule has 0 radical (unpaired) electrons. The standard InChI is InChI=1S/C31H28Cl2N4O4/c32-22-8-3-19(4-9-22)16-28(38)36-13-1-2-26(36)31(41)35-14-15-37-27(18-35)29(39)34-25-12-7-21(17-24(25)30(37)40)20-5-10-23(33)11-6-20/h3-12,17,26-27H,1-2,13-16,18H2,(H,34,39). The number of hydrogen-bond acceptors (Lipinski definition) is 4. The fourth-order valence-corrected chi connectivity index (χ4v) is 6.14. The summed E-state index contributed by atoms with van der Waals surface area (Å²) in [7, 11) is 0. The van der Waals surface area contributed by atoms with E-state index in [4.69, 9.17) is 23.2 Å².